The summed E-state index contributed by atoms with van der Waals surface area (Å²) >= 11 is 0. The second kappa shape index (κ2) is 4.91. The van der Waals surface area contributed by atoms with Gasteiger partial charge in [-0.05, 0) is 57.1 Å². The van der Waals surface area contributed by atoms with Gasteiger partial charge in [0.25, 0.3) is 0 Å². The van der Waals surface area contributed by atoms with E-state index in [0.29, 0.717) is 24.0 Å². The Kier molecular flexibility index (Phi) is 3.56. The van der Waals surface area contributed by atoms with Crippen LogP contribution in [0.4, 0.5) is 0 Å². The van der Waals surface area contributed by atoms with Crippen molar-refractivity contribution in [3.8, 4) is 0 Å². The fourth-order valence-electron chi connectivity index (χ4n) is 7.05. The van der Waals surface area contributed by atoms with Crippen molar-refractivity contribution in [3.05, 3.63) is 11.1 Å². The molecule has 0 amide bonds. The first-order valence-electron chi connectivity index (χ1n) is 9.68. The monoisotopic (exact) mass is 368 g/mol. The van der Waals surface area contributed by atoms with E-state index in [2.05, 4.69) is 0 Å². The molecule has 0 radical (unpaired) electrons. The lowest BCUT2D eigenvalue weighted by Gasteiger charge is -2.51. The Balaban J connectivity index is 1.97. The summed E-state index contributed by atoms with van der Waals surface area (Å²) in [5.41, 5.74) is -5.32. The van der Waals surface area contributed by atoms with Gasteiger partial charge in [0.1, 0.15) is 5.60 Å². The summed E-state index contributed by atoms with van der Waals surface area (Å²) in [7, 11) is 0. The highest BCUT2D eigenvalue weighted by Gasteiger charge is 2.74. The van der Waals surface area contributed by atoms with Crippen LogP contribution in [0.5, 0.6) is 0 Å². The Morgan fingerprint density at radius 1 is 0.962 bits per heavy atom. The van der Waals surface area contributed by atoms with Crippen molar-refractivity contribution in [2.75, 3.05) is 0 Å². The topological polar surface area (TPSA) is 121 Å². The first-order valence-corrected chi connectivity index (χ1v) is 9.68. The van der Waals surface area contributed by atoms with E-state index in [4.69, 9.17) is 0 Å². The third-order valence-electron chi connectivity index (χ3n) is 8.85. The third-order valence-corrected chi connectivity index (χ3v) is 8.85. The molecule has 0 saturated heterocycles. The molecule has 8 atom stereocenters. The molecule has 0 aromatic rings. The van der Waals surface area contributed by atoms with Gasteiger partial charge in [-0.3, -0.25) is 0 Å². The van der Waals surface area contributed by atoms with Crippen LogP contribution in [0.1, 0.15) is 59.8 Å². The Morgan fingerprint density at radius 3 is 2.19 bits per heavy atom. The maximum absolute atomic E-state index is 11.8. The molecule has 6 nitrogen and oxygen atoms in total. The van der Waals surface area contributed by atoms with Crippen LogP contribution < -0.4 is 0 Å². The van der Waals surface area contributed by atoms with Crippen molar-refractivity contribution in [2.24, 2.45) is 16.7 Å². The van der Waals surface area contributed by atoms with E-state index in [1.54, 1.807) is 27.7 Å². The molecule has 0 aliphatic heterocycles. The molecule has 6 N–H and O–H groups in total. The fourth-order valence-corrected chi connectivity index (χ4v) is 7.05. The Labute approximate surface area is 154 Å². The summed E-state index contributed by atoms with van der Waals surface area (Å²) in [6.07, 6.45) is -1.89. The summed E-state index contributed by atoms with van der Waals surface area (Å²) in [5.74, 6) is -0.362. The van der Waals surface area contributed by atoms with Crippen LogP contribution in [0.25, 0.3) is 0 Å². The number of hydrogen-bond donors (Lipinski definition) is 6. The van der Waals surface area contributed by atoms with Gasteiger partial charge in [0.15, 0.2) is 0 Å². The maximum Gasteiger partial charge on any atom is 0.119 e. The molecule has 3 saturated carbocycles. The van der Waals surface area contributed by atoms with Crippen LogP contribution in [0, 0.1) is 16.7 Å². The van der Waals surface area contributed by atoms with E-state index < -0.39 is 45.9 Å². The number of rotatable bonds is 0. The Morgan fingerprint density at radius 2 is 1.58 bits per heavy atom. The molecule has 1 spiro atoms. The molecular formula is C20H32O6. The van der Waals surface area contributed by atoms with Gasteiger partial charge in [0.2, 0.25) is 0 Å². The maximum atomic E-state index is 11.8. The van der Waals surface area contributed by atoms with Crippen molar-refractivity contribution >= 4 is 0 Å². The van der Waals surface area contributed by atoms with Crippen LogP contribution in [0.2, 0.25) is 0 Å². The number of fused-ring (bicyclic) bond motifs is 2. The summed E-state index contributed by atoms with van der Waals surface area (Å²) in [6, 6.07) is 0. The summed E-state index contributed by atoms with van der Waals surface area (Å²) < 4.78 is 0. The number of aliphatic hydroxyl groups is 6. The fraction of sp³-hybridized carbons (Fsp3) is 0.900. The van der Waals surface area contributed by atoms with Gasteiger partial charge >= 0.3 is 0 Å². The molecule has 26 heavy (non-hydrogen) atoms. The van der Waals surface area contributed by atoms with Crippen LogP contribution in [-0.4, -0.2) is 65.8 Å². The lowest BCUT2D eigenvalue weighted by Crippen LogP contribution is -2.59. The zero-order chi connectivity index (χ0) is 19.5. The smallest absolute Gasteiger partial charge is 0.119 e. The first-order chi connectivity index (χ1) is 11.8. The molecule has 4 aliphatic carbocycles. The van der Waals surface area contributed by atoms with Gasteiger partial charge in [0, 0.05) is 16.7 Å². The minimum Gasteiger partial charge on any atom is -0.392 e. The Hall–Kier alpha value is -0.500. The summed E-state index contributed by atoms with van der Waals surface area (Å²) in [6.45, 7) is 6.88. The highest BCUT2D eigenvalue weighted by molar-refractivity contribution is 5.44. The standard InChI is InChI=1S/C20H32O6/c1-10-12-7-13(21)16(2,3)20(12,26)14(22)8-18-9-17(4,24)11(15(18)23)5-6-19(10,18)25/h11,13-15,21-26H,5-9H2,1-4H3/t11-,13-,14+,15-,17+,18-,19-,20-/m0/s1. The van der Waals surface area contributed by atoms with E-state index in [9.17, 15) is 30.6 Å². The van der Waals surface area contributed by atoms with Crippen LogP contribution in [-0.2, 0) is 0 Å². The van der Waals surface area contributed by atoms with Crippen molar-refractivity contribution in [3.63, 3.8) is 0 Å². The first kappa shape index (κ1) is 18.8. The highest BCUT2D eigenvalue weighted by Crippen LogP contribution is 2.68. The highest BCUT2D eigenvalue weighted by atomic mass is 16.4. The molecule has 0 unspecified atom stereocenters. The predicted octanol–water partition coefficient (Wildman–Crippen LogP) is 0.232. The van der Waals surface area contributed by atoms with E-state index >= 15 is 0 Å². The molecule has 4 rings (SSSR count). The molecule has 0 aromatic heterocycles. The normalized spacial score (nSPS) is 58.4. The van der Waals surface area contributed by atoms with Gasteiger partial charge < -0.3 is 30.6 Å². The number of hydrogen-bond acceptors (Lipinski definition) is 6. The van der Waals surface area contributed by atoms with Crippen molar-refractivity contribution in [2.45, 2.75) is 94.9 Å². The van der Waals surface area contributed by atoms with Gasteiger partial charge in [-0.25, -0.2) is 0 Å². The minimum atomic E-state index is -1.68. The van der Waals surface area contributed by atoms with Gasteiger partial charge in [0.05, 0.1) is 29.5 Å². The van der Waals surface area contributed by atoms with Crippen molar-refractivity contribution in [1.29, 1.82) is 0 Å². The average molecular weight is 368 g/mol. The second-order valence-electron chi connectivity index (χ2n) is 10.2. The van der Waals surface area contributed by atoms with E-state index in [1.165, 1.54) is 0 Å². The zero-order valence-electron chi connectivity index (χ0n) is 16.0. The predicted molar refractivity (Wildman–Crippen MR) is 94.0 cm³/mol. The quantitative estimate of drug-likeness (QED) is 0.341. The number of aliphatic hydroxyl groups excluding tert-OH is 3. The average Bonchev–Trinajstić information content (AvgIpc) is 2.77. The zero-order valence-corrected chi connectivity index (χ0v) is 16.0. The van der Waals surface area contributed by atoms with Crippen LogP contribution in [0.15, 0.2) is 11.1 Å². The Bertz CT molecular complexity index is 684. The lowest BCUT2D eigenvalue weighted by atomic mass is 9.58. The van der Waals surface area contributed by atoms with Gasteiger partial charge in [-0.2, -0.15) is 0 Å². The third kappa shape index (κ3) is 1.75. The molecule has 0 heterocycles. The molecular weight excluding hydrogens is 336 g/mol. The van der Waals surface area contributed by atoms with Crippen molar-refractivity contribution < 1.29 is 30.6 Å². The molecule has 6 heteroatoms. The molecule has 148 valence electrons. The summed E-state index contributed by atoms with van der Waals surface area (Å²) in [4.78, 5) is 0. The lowest BCUT2D eigenvalue weighted by molar-refractivity contribution is -0.182. The van der Waals surface area contributed by atoms with Crippen LogP contribution >= 0.6 is 0 Å². The largest absolute Gasteiger partial charge is 0.392 e. The summed E-state index contributed by atoms with van der Waals surface area (Å²) in [5, 5.41) is 67.1. The van der Waals surface area contributed by atoms with Gasteiger partial charge in [-0.15, -0.1) is 0 Å². The van der Waals surface area contributed by atoms with E-state index in [-0.39, 0.29) is 25.2 Å². The van der Waals surface area contributed by atoms with E-state index in [0.717, 1.165) is 0 Å². The SMILES string of the molecule is CC1=C2C[C@H](O)C(C)(C)[C@@]2(O)[C@H](O)C[C@@]23C[C@@](C)(O)[C@@H](CC[C@]12O)[C@@H]3O. The van der Waals surface area contributed by atoms with Crippen molar-refractivity contribution in [1.82, 2.24) is 0 Å². The second-order valence-corrected chi connectivity index (χ2v) is 10.2. The van der Waals surface area contributed by atoms with Crippen LogP contribution in [0.3, 0.4) is 0 Å². The van der Waals surface area contributed by atoms with Gasteiger partial charge in [-0.1, -0.05) is 13.8 Å². The minimum absolute atomic E-state index is 0.0230. The molecule has 3 fully saturated rings. The molecule has 4 aliphatic rings. The molecule has 0 aromatic carbocycles. The van der Waals surface area contributed by atoms with E-state index in [1.807, 2.05) is 0 Å². The molecule has 2 bridgehead atoms.